The molecule has 1 aromatic carbocycles. The number of hydrogen-bond donors (Lipinski definition) is 0. The summed E-state index contributed by atoms with van der Waals surface area (Å²) in [4.78, 5) is 16.0. The summed E-state index contributed by atoms with van der Waals surface area (Å²) in [6, 6.07) is 7.17. The molecule has 0 aliphatic carbocycles. The maximum absolute atomic E-state index is 11.7. The van der Waals surface area contributed by atoms with Gasteiger partial charge in [0.15, 0.2) is 0 Å². The molecule has 2 rings (SSSR count). The Morgan fingerprint density at radius 2 is 2.05 bits per heavy atom. The lowest BCUT2D eigenvalue weighted by atomic mass is 10.1. The van der Waals surface area contributed by atoms with Gasteiger partial charge < -0.3 is 14.2 Å². The highest BCUT2D eigenvalue weighted by atomic mass is 16.5. The lowest BCUT2D eigenvalue weighted by Crippen LogP contribution is -2.05. The van der Waals surface area contributed by atoms with Crippen LogP contribution in [0.1, 0.15) is 17.3 Å². The number of benzene rings is 1. The topological polar surface area (TPSA) is 57.7 Å². The number of fused-ring (bicyclic) bond motifs is 1. The molecule has 0 amide bonds. The van der Waals surface area contributed by atoms with Crippen LogP contribution in [0.5, 0.6) is 11.6 Å². The van der Waals surface area contributed by atoms with Crippen molar-refractivity contribution in [3.8, 4) is 11.6 Å². The summed E-state index contributed by atoms with van der Waals surface area (Å²) in [7, 11) is 2.79. The van der Waals surface area contributed by atoms with Crippen LogP contribution in [0.4, 0.5) is 0 Å². The number of rotatable bonds is 4. The molecule has 5 nitrogen and oxygen atoms in total. The molecule has 0 saturated heterocycles. The maximum Gasteiger partial charge on any atom is 0.343 e. The van der Waals surface area contributed by atoms with Crippen LogP contribution in [-0.2, 0) is 4.74 Å². The predicted molar refractivity (Wildman–Crippen MR) is 70.8 cm³/mol. The molecule has 0 aliphatic rings. The first-order valence-electron chi connectivity index (χ1n) is 5.89. The summed E-state index contributed by atoms with van der Waals surface area (Å²) < 4.78 is 15.2. The summed E-state index contributed by atoms with van der Waals surface area (Å²) >= 11 is 0. The molecule has 1 aromatic heterocycles. The second-order valence-electron chi connectivity index (χ2n) is 3.82. The quantitative estimate of drug-likeness (QED) is 0.791. The van der Waals surface area contributed by atoms with Gasteiger partial charge in [-0.2, -0.15) is 0 Å². The molecule has 0 atom stereocenters. The molecule has 0 spiro atoms. The SMILES string of the molecule is CCOc1ccc2nc(OC)c(C(=O)OC)cc2c1. The lowest BCUT2D eigenvalue weighted by Gasteiger charge is -2.09. The van der Waals surface area contributed by atoms with Crippen molar-refractivity contribution in [1.82, 2.24) is 4.98 Å². The van der Waals surface area contributed by atoms with Crippen molar-refractivity contribution < 1.29 is 19.0 Å². The van der Waals surface area contributed by atoms with Gasteiger partial charge in [0.2, 0.25) is 5.88 Å². The van der Waals surface area contributed by atoms with Gasteiger partial charge in [-0.1, -0.05) is 0 Å². The van der Waals surface area contributed by atoms with E-state index in [1.807, 2.05) is 25.1 Å². The van der Waals surface area contributed by atoms with Crippen LogP contribution in [0.2, 0.25) is 0 Å². The van der Waals surface area contributed by atoms with Crippen LogP contribution >= 0.6 is 0 Å². The molecular formula is C14H15NO4. The number of aromatic nitrogens is 1. The van der Waals surface area contributed by atoms with Crippen molar-refractivity contribution >= 4 is 16.9 Å². The lowest BCUT2D eigenvalue weighted by molar-refractivity contribution is 0.0596. The van der Waals surface area contributed by atoms with Crippen LogP contribution in [-0.4, -0.2) is 31.8 Å². The van der Waals surface area contributed by atoms with Gasteiger partial charge in [0.25, 0.3) is 0 Å². The molecule has 2 aromatic rings. The molecule has 100 valence electrons. The van der Waals surface area contributed by atoms with E-state index < -0.39 is 5.97 Å². The Kier molecular flexibility index (Phi) is 3.85. The first-order chi connectivity index (χ1) is 9.19. The standard InChI is InChI=1S/C14H15NO4/c1-4-19-10-5-6-12-9(7-10)8-11(14(16)18-3)13(15-12)17-2/h5-8H,4H2,1-3H3. The third-order valence-corrected chi connectivity index (χ3v) is 2.66. The molecule has 0 unspecified atom stereocenters. The van der Waals surface area contributed by atoms with Crippen molar-refractivity contribution in [1.29, 1.82) is 0 Å². The van der Waals surface area contributed by atoms with Crippen LogP contribution in [0.25, 0.3) is 10.9 Å². The fourth-order valence-corrected chi connectivity index (χ4v) is 1.81. The van der Waals surface area contributed by atoms with Crippen LogP contribution in [0.15, 0.2) is 24.3 Å². The smallest absolute Gasteiger partial charge is 0.343 e. The Bertz CT molecular complexity index is 610. The molecule has 5 heteroatoms. The van der Waals surface area contributed by atoms with E-state index in [9.17, 15) is 4.79 Å². The number of hydrogen-bond acceptors (Lipinski definition) is 5. The average molecular weight is 261 g/mol. The van der Waals surface area contributed by atoms with E-state index >= 15 is 0 Å². The second-order valence-corrected chi connectivity index (χ2v) is 3.82. The van der Waals surface area contributed by atoms with Crippen molar-refractivity contribution in [2.24, 2.45) is 0 Å². The zero-order chi connectivity index (χ0) is 13.8. The molecule has 0 radical (unpaired) electrons. The summed E-state index contributed by atoms with van der Waals surface area (Å²) in [5.41, 5.74) is 1.03. The zero-order valence-corrected chi connectivity index (χ0v) is 11.1. The number of carbonyl (C=O) groups is 1. The van der Waals surface area contributed by atoms with Crippen molar-refractivity contribution in [2.75, 3.05) is 20.8 Å². The minimum atomic E-state index is -0.479. The van der Waals surface area contributed by atoms with E-state index in [1.165, 1.54) is 14.2 Å². The zero-order valence-electron chi connectivity index (χ0n) is 11.1. The summed E-state index contributed by atoms with van der Waals surface area (Å²) in [5, 5.41) is 0.798. The van der Waals surface area contributed by atoms with E-state index in [1.54, 1.807) is 6.07 Å². The van der Waals surface area contributed by atoms with E-state index in [0.717, 1.165) is 16.7 Å². The maximum atomic E-state index is 11.7. The second kappa shape index (κ2) is 5.56. The van der Waals surface area contributed by atoms with Gasteiger partial charge in [-0.15, -0.1) is 0 Å². The first-order valence-corrected chi connectivity index (χ1v) is 5.89. The third-order valence-electron chi connectivity index (χ3n) is 2.66. The van der Waals surface area contributed by atoms with Crippen LogP contribution in [0, 0.1) is 0 Å². The Morgan fingerprint density at radius 1 is 1.26 bits per heavy atom. The Hall–Kier alpha value is -2.30. The number of methoxy groups -OCH3 is 2. The molecule has 0 saturated carbocycles. The highest BCUT2D eigenvalue weighted by Crippen LogP contribution is 2.26. The van der Waals surface area contributed by atoms with E-state index in [4.69, 9.17) is 14.2 Å². The molecular weight excluding hydrogens is 246 g/mol. The number of ether oxygens (including phenoxy) is 3. The molecule has 1 heterocycles. The number of pyridine rings is 1. The summed E-state index contributed by atoms with van der Waals surface area (Å²) in [6.07, 6.45) is 0. The van der Waals surface area contributed by atoms with Crippen molar-refractivity contribution in [2.45, 2.75) is 6.92 Å². The normalized spacial score (nSPS) is 10.3. The minimum absolute atomic E-state index is 0.253. The number of esters is 1. The van der Waals surface area contributed by atoms with Gasteiger partial charge in [0, 0.05) is 5.39 Å². The predicted octanol–water partition coefficient (Wildman–Crippen LogP) is 2.43. The minimum Gasteiger partial charge on any atom is -0.494 e. The Balaban J connectivity index is 2.58. The van der Waals surface area contributed by atoms with Gasteiger partial charge in [-0.05, 0) is 31.2 Å². The van der Waals surface area contributed by atoms with Gasteiger partial charge >= 0.3 is 5.97 Å². The van der Waals surface area contributed by atoms with Gasteiger partial charge in [0.1, 0.15) is 11.3 Å². The fraction of sp³-hybridized carbons (Fsp3) is 0.286. The fourth-order valence-electron chi connectivity index (χ4n) is 1.81. The highest BCUT2D eigenvalue weighted by molar-refractivity contribution is 5.96. The molecule has 0 bridgehead atoms. The molecule has 0 N–H and O–H groups in total. The van der Waals surface area contributed by atoms with Crippen LogP contribution < -0.4 is 9.47 Å². The van der Waals surface area contributed by atoms with E-state index in [2.05, 4.69) is 4.98 Å². The summed E-state index contributed by atoms with van der Waals surface area (Å²) in [6.45, 7) is 2.50. The van der Waals surface area contributed by atoms with Gasteiger partial charge in [-0.25, -0.2) is 9.78 Å². The van der Waals surface area contributed by atoms with E-state index in [0.29, 0.717) is 12.2 Å². The van der Waals surface area contributed by atoms with Crippen LogP contribution in [0.3, 0.4) is 0 Å². The van der Waals surface area contributed by atoms with Gasteiger partial charge in [0.05, 0.1) is 26.3 Å². The molecule has 0 fully saturated rings. The summed E-state index contributed by atoms with van der Waals surface area (Å²) in [5.74, 6) is 0.509. The first kappa shape index (κ1) is 13.1. The molecule has 0 aliphatic heterocycles. The highest BCUT2D eigenvalue weighted by Gasteiger charge is 2.15. The van der Waals surface area contributed by atoms with Gasteiger partial charge in [-0.3, -0.25) is 0 Å². The van der Waals surface area contributed by atoms with Crippen molar-refractivity contribution in [3.63, 3.8) is 0 Å². The Labute approximate surface area is 111 Å². The monoisotopic (exact) mass is 261 g/mol. The van der Waals surface area contributed by atoms with E-state index in [-0.39, 0.29) is 5.88 Å². The number of carbonyl (C=O) groups excluding carboxylic acids is 1. The average Bonchev–Trinajstić information content (AvgIpc) is 2.45. The van der Waals surface area contributed by atoms with Crippen molar-refractivity contribution in [3.05, 3.63) is 29.8 Å². The largest absolute Gasteiger partial charge is 0.494 e. The number of nitrogens with zero attached hydrogens (tertiary/aromatic N) is 1. The third kappa shape index (κ3) is 2.59. The Morgan fingerprint density at radius 3 is 2.68 bits per heavy atom. The molecule has 19 heavy (non-hydrogen) atoms.